The normalized spacial score (nSPS) is 11.7. The molecule has 0 aliphatic rings. The van der Waals surface area contributed by atoms with Crippen molar-refractivity contribution in [3.05, 3.63) is 72.1 Å². The fraction of sp³-hybridized carbons (Fsp3) is 0. The van der Waals surface area contributed by atoms with Crippen LogP contribution in [0, 0.1) is 5.82 Å². The smallest absolute Gasteiger partial charge is 0.261 e. The van der Waals surface area contributed by atoms with E-state index in [0.29, 0.717) is 16.9 Å². The molecule has 5 nitrogen and oxygen atoms in total. The third kappa shape index (κ3) is 3.01. The van der Waals surface area contributed by atoms with E-state index in [1.54, 1.807) is 18.2 Å². The highest BCUT2D eigenvalue weighted by Crippen LogP contribution is 2.30. The number of nitrogens with zero attached hydrogens (tertiary/aromatic N) is 2. The summed E-state index contributed by atoms with van der Waals surface area (Å²) in [4.78, 5) is 5.34. The van der Waals surface area contributed by atoms with E-state index < -0.39 is 15.8 Å². The molecule has 0 radical (unpaired) electrons. The van der Waals surface area contributed by atoms with Gasteiger partial charge in [0.15, 0.2) is 4.96 Å². The van der Waals surface area contributed by atoms with Crippen LogP contribution >= 0.6 is 11.3 Å². The van der Waals surface area contributed by atoms with Crippen LogP contribution in [0.15, 0.2) is 71.2 Å². The molecule has 0 aliphatic heterocycles. The zero-order valence-corrected chi connectivity index (χ0v) is 14.4. The van der Waals surface area contributed by atoms with Crippen molar-refractivity contribution in [2.75, 3.05) is 4.72 Å². The largest absolute Gasteiger partial charge is 0.297 e. The lowest BCUT2D eigenvalue weighted by molar-refractivity contribution is 0.599. The average Bonchev–Trinajstić information content (AvgIpc) is 3.17. The monoisotopic (exact) mass is 373 g/mol. The van der Waals surface area contributed by atoms with Gasteiger partial charge in [-0.2, -0.15) is 0 Å². The fourth-order valence-electron chi connectivity index (χ4n) is 2.47. The summed E-state index contributed by atoms with van der Waals surface area (Å²) in [7, 11) is -3.83. The first-order valence-electron chi connectivity index (χ1n) is 7.33. The Bertz CT molecular complexity index is 1120. The Morgan fingerprint density at radius 3 is 2.60 bits per heavy atom. The molecule has 0 saturated carbocycles. The van der Waals surface area contributed by atoms with Crippen molar-refractivity contribution in [1.82, 2.24) is 9.38 Å². The second kappa shape index (κ2) is 5.98. The minimum Gasteiger partial charge on any atom is -0.297 e. The molecular formula is C17H12FN3O2S2. The summed E-state index contributed by atoms with van der Waals surface area (Å²) in [6.07, 6.45) is 3.73. The molecule has 0 spiro atoms. The minimum absolute atomic E-state index is 0.00507. The van der Waals surface area contributed by atoms with Crippen LogP contribution in [-0.2, 0) is 10.0 Å². The molecule has 0 amide bonds. The molecule has 0 bridgehead atoms. The molecule has 1 N–H and O–H groups in total. The van der Waals surface area contributed by atoms with Gasteiger partial charge in [0, 0.05) is 23.3 Å². The number of rotatable bonds is 4. The van der Waals surface area contributed by atoms with Gasteiger partial charge in [-0.05, 0) is 30.3 Å². The molecule has 4 aromatic rings. The number of anilines is 1. The summed E-state index contributed by atoms with van der Waals surface area (Å²) in [5.74, 6) is -0.488. The van der Waals surface area contributed by atoms with Gasteiger partial charge in [-0.25, -0.2) is 17.8 Å². The van der Waals surface area contributed by atoms with Crippen LogP contribution in [0.2, 0.25) is 0 Å². The molecule has 0 unspecified atom stereocenters. The number of para-hydroxylation sites is 1. The van der Waals surface area contributed by atoms with Crippen LogP contribution in [0.4, 0.5) is 10.1 Å². The van der Waals surface area contributed by atoms with Crippen molar-refractivity contribution in [2.45, 2.75) is 4.90 Å². The van der Waals surface area contributed by atoms with Gasteiger partial charge in [0.05, 0.1) is 16.3 Å². The van der Waals surface area contributed by atoms with E-state index in [1.807, 2.05) is 28.2 Å². The Labute approximate surface area is 147 Å². The van der Waals surface area contributed by atoms with E-state index in [4.69, 9.17) is 0 Å². The minimum atomic E-state index is -3.83. The molecule has 0 aliphatic carbocycles. The van der Waals surface area contributed by atoms with E-state index >= 15 is 0 Å². The van der Waals surface area contributed by atoms with E-state index in [-0.39, 0.29) is 4.90 Å². The summed E-state index contributed by atoms with van der Waals surface area (Å²) in [5.41, 5.74) is 1.76. The number of aromatic nitrogens is 2. The van der Waals surface area contributed by atoms with Crippen LogP contribution < -0.4 is 4.72 Å². The SMILES string of the molecule is O=S(=O)(Nc1ccccc1-c1cn2ccsc2n1)c1ccc(F)cc1. The van der Waals surface area contributed by atoms with Gasteiger partial charge in [-0.3, -0.25) is 9.12 Å². The standard InChI is InChI=1S/C17H12FN3O2S2/c18-12-5-7-13(8-6-12)25(22,23)20-15-4-2-1-3-14(15)16-11-21-9-10-24-17(21)19-16/h1-11,20H. The van der Waals surface area contributed by atoms with Crippen LogP contribution in [0.3, 0.4) is 0 Å². The molecule has 4 rings (SSSR count). The average molecular weight is 373 g/mol. The zero-order valence-electron chi connectivity index (χ0n) is 12.8. The molecule has 0 atom stereocenters. The van der Waals surface area contributed by atoms with E-state index in [9.17, 15) is 12.8 Å². The molecule has 0 saturated heterocycles. The number of hydrogen-bond acceptors (Lipinski definition) is 4. The van der Waals surface area contributed by atoms with Gasteiger partial charge in [0.25, 0.3) is 10.0 Å². The Morgan fingerprint density at radius 1 is 1.08 bits per heavy atom. The van der Waals surface area contributed by atoms with Crippen molar-refractivity contribution in [2.24, 2.45) is 0 Å². The highest BCUT2D eigenvalue weighted by atomic mass is 32.2. The number of nitrogens with one attached hydrogen (secondary N) is 1. The van der Waals surface area contributed by atoms with Crippen molar-refractivity contribution in [3.63, 3.8) is 0 Å². The van der Waals surface area contributed by atoms with Crippen molar-refractivity contribution < 1.29 is 12.8 Å². The lowest BCUT2D eigenvalue weighted by Gasteiger charge is -2.11. The third-order valence-electron chi connectivity index (χ3n) is 3.66. The Balaban J connectivity index is 1.74. The van der Waals surface area contributed by atoms with Crippen molar-refractivity contribution >= 4 is 32.0 Å². The molecule has 2 aromatic heterocycles. The number of imidazole rings is 1. The van der Waals surface area contributed by atoms with Crippen molar-refractivity contribution in [1.29, 1.82) is 0 Å². The first kappa shape index (κ1) is 15.8. The quantitative estimate of drug-likeness (QED) is 0.588. The summed E-state index contributed by atoms with van der Waals surface area (Å²) in [6.45, 7) is 0. The third-order valence-corrected chi connectivity index (χ3v) is 5.82. The number of thiazole rings is 1. The topological polar surface area (TPSA) is 63.5 Å². The Morgan fingerprint density at radius 2 is 1.84 bits per heavy atom. The summed E-state index contributed by atoms with van der Waals surface area (Å²) >= 11 is 1.50. The Hall–Kier alpha value is -2.71. The predicted octanol–water partition coefficient (Wildman–Crippen LogP) is 4.00. The first-order valence-corrected chi connectivity index (χ1v) is 9.69. The Kier molecular flexibility index (Phi) is 3.78. The number of halogens is 1. The number of benzene rings is 2. The predicted molar refractivity (Wildman–Crippen MR) is 95.7 cm³/mol. The molecular weight excluding hydrogens is 361 g/mol. The van der Waals surface area contributed by atoms with Gasteiger partial charge < -0.3 is 0 Å². The maximum Gasteiger partial charge on any atom is 0.261 e. The van der Waals surface area contributed by atoms with E-state index in [0.717, 1.165) is 17.1 Å². The van der Waals surface area contributed by atoms with Gasteiger partial charge >= 0.3 is 0 Å². The zero-order chi connectivity index (χ0) is 17.4. The molecule has 2 heterocycles. The second-order valence-electron chi connectivity index (χ2n) is 5.32. The van der Waals surface area contributed by atoms with Gasteiger partial charge in [0.1, 0.15) is 5.82 Å². The number of sulfonamides is 1. The van der Waals surface area contributed by atoms with Crippen LogP contribution in [0.5, 0.6) is 0 Å². The van der Waals surface area contributed by atoms with Gasteiger partial charge in [-0.1, -0.05) is 18.2 Å². The second-order valence-corrected chi connectivity index (χ2v) is 7.88. The number of fused-ring (bicyclic) bond motifs is 1. The van der Waals surface area contributed by atoms with Crippen LogP contribution in [-0.4, -0.2) is 17.8 Å². The van der Waals surface area contributed by atoms with Crippen LogP contribution in [0.25, 0.3) is 16.2 Å². The lowest BCUT2D eigenvalue weighted by atomic mass is 10.1. The molecule has 126 valence electrons. The highest BCUT2D eigenvalue weighted by Gasteiger charge is 2.17. The lowest BCUT2D eigenvalue weighted by Crippen LogP contribution is -2.13. The van der Waals surface area contributed by atoms with Crippen molar-refractivity contribution in [3.8, 4) is 11.3 Å². The van der Waals surface area contributed by atoms with E-state index in [2.05, 4.69) is 9.71 Å². The summed E-state index contributed by atoms with van der Waals surface area (Å²) in [5, 5.41) is 1.93. The highest BCUT2D eigenvalue weighted by molar-refractivity contribution is 7.92. The number of hydrogen-bond donors (Lipinski definition) is 1. The fourth-order valence-corrected chi connectivity index (χ4v) is 4.25. The molecule has 8 heteroatoms. The van der Waals surface area contributed by atoms with Gasteiger partial charge in [-0.15, -0.1) is 11.3 Å². The maximum absolute atomic E-state index is 13.0. The van der Waals surface area contributed by atoms with E-state index in [1.165, 1.54) is 23.5 Å². The summed E-state index contributed by atoms with van der Waals surface area (Å²) in [6, 6.07) is 11.7. The molecule has 2 aromatic carbocycles. The van der Waals surface area contributed by atoms with Crippen LogP contribution in [0.1, 0.15) is 0 Å². The molecule has 0 fully saturated rings. The first-order chi connectivity index (χ1) is 12.0. The molecule has 25 heavy (non-hydrogen) atoms. The summed E-state index contributed by atoms with van der Waals surface area (Å²) < 4.78 is 42.6. The maximum atomic E-state index is 13.0. The van der Waals surface area contributed by atoms with Gasteiger partial charge in [0.2, 0.25) is 0 Å².